The van der Waals surface area contributed by atoms with Gasteiger partial charge in [-0.25, -0.2) is 4.68 Å². The lowest BCUT2D eigenvalue weighted by Gasteiger charge is -2.11. The van der Waals surface area contributed by atoms with Crippen molar-refractivity contribution in [2.75, 3.05) is 18.5 Å². The molecule has 1 atom stereocenters. The van der Waals surface area contributed by atoms with Crippen LogP contribution >= 0.6 is 0 Å². The molecule has 1 unspecified atom stereocenters. The number of carboxylic acids is 1. The van der Waals surface area contributed by atoms with E-state index in [2.05, 4.69) is 10.3 Å². The van der Waals surface area contributed by atoms with Crippen LogP contribution in [0.5, 0.6) is 0 Å². The van der Waals surface area contributed by atoms with Gasteiger partial charge in [0.1, 0.15) is 5.69 Å². The minimum absolute atomic E-state index is 0.331. The number of carboxylic acid groups (broad SMARTS) is 1. The monoisotopic (exact) mass is 197 g/mol. The molecule has 76 valence electrons. The van der Waals surface area contributed by atoms with Crippen LogP contribution in [-0.4, -0.2) is 39.7 Å². The van der Waals surface area contributed by atoms with Crippen LogP contribution in [0.4, 0.5) is 5.82 Å². The molecule has 7 heteroatoms. The number of fused-ring (bicyclic) bond motifs is 1. The molecule has 0 aromatic carbocycles. The van der Waals surface area contributed by atoms with Crippen molar-refractivity contribution in [2.45, 2.75) is 12.6 Å². The van der Waals surface area contributed by atoms with E-state index < -0.39 is 12.0 Å². The average Bonchev–Trinajstić information content (AvgIpc) is 2.68. The van der Waals surface area contributed by atoms with Crippen LogP contribution in [0.25, 0.3) is 0 Å². The van der Waals surface area contributed by atoms with Crippen molar-refractivity contribution in [1.82, 2.24) is 15.0 Å². The molecular formula is C7H11N5O2. The summed E-state index contributed by atoms with van der Waals surface area (Å²) in [6.07, 6.45) is 0. The lowest BCUT2D eigenvalue weighted by atomic mass is 10.2. The van der Waals surface area contributed by atoms with E-state index in [9.17, 15) is 4.79 Å². The number of nitrogens with zero attached hydrogens (tertiary/aromatic N) is 4. The topological polar surface area (TPSA) is 97.3 Å². The molecule has 3 N–H and O–H groups in total. The third-order valence-corrected chi connectivity index (χ3v) is 2.30. The Labute approximate surface area is 80.1 Å². The van der Waals surface area contributed by atoms with Gasteiger partial charge in [-0.1, -0.05) is 5.21 Å². The van der Waals surface area contributed by atoms with Gasteiger partial charge in [0, 0.05) is 13.6 Å². The Kier molecular flexibility index (Phi) is 1.88. The maximum Gasteiger partial charge on any atom is 0.326 e. The first-order valence-corrected chi connectivity index (χ1v) is 4.24. The SMILES string of the molecule is CN1CCn2nnc(C(N)C(=O)O)c21. The molecule has 0 aliphatic carbocycles. The van der Waals surface area contributed by atoms with E-state index in [1.807, 2.05) is 11.9 Å². The number of likely N-dealkylation sites (N-methyl/N-ethyl adjacent to an activating group) is 1. The number of nitrogens with two attached hydrogens (primary N) is 1. The van der Waals surface area contributed by atoms with Gasteiger partial charge < -0.3 is 15.7 Å². The maximum absolute atomic E-state index is 10.7. The number of anilines is 1. The number of rotatable bonds is 2. The zero-order valence-corrected chi connectivity index (χ0v) is 7.71. The summed E-state index contributed by atoms with van der Waals surface area (Å²) in [4.78, 5) is 12.6. The summed E-state index contributed by atoms with van der Waals surface area (Å²) in [7, 11) is 1.86. The largest absolute Gasteiger partial charge is 0.480 e. The van der Waals surface area contributed by atoms with E-state index in [1.165, 1.54) is 0 Å². The normalized spacial score (nSPS) is 16.9. The van der Waals surface area contributed by atoms with Gasteiger partial charge in [0.2, 0.25) is 0 Å². The molecule has 14 heavy (non-hydrogen) atoms. The standard InChI is InChI=1S/C7H11N5O2/c1-11-2-3-12-6(11)5(9-10-12)4(8)7(13)14/h4H,2-3,8H2,1H3,(H,13,14). The Bertz CT molecular complexity index is 374. The van der Waals surface area contributed by atoms with Crippen molar-refractivity contribution < 1.29 is 9.90 Å². The number of aromatic nitrogens is 3. The number of aliphatic carboxylic acids is 1. The molecule has 1 aromatic heterocycles. The molecule has 0 amide bonds. The van der Waals surface area contributed by atoms with E-state index in [1.54, 1.807) is 4.68 Å². The van der Waals surface area contributed by atoms with Gasteiger partial charge in [-0.05, 0) is 0 Å². The van der Waals surface area contributed by atoms with E-state index in [-0.39, 0.29) is 0 Å². The molecule has 0 bridgehead atoms. The highest BCUT2D eigenvalue weighted by Gasteiger charge is 2.29. The number of hydrogen-bond acceptors (Lipinski definition) is 5. The van der Waals surface area contributed by atoms with Crippen molar-refractivity contribution >= 4 is 11.8 Å². The first-order valence-electron chi connectivity index (χ1n) is 4.24. The lowest BCUT2D eigenvalue weighted by molar-refractivity contribution is -0.138. The highest BCUT2D eigenvalue weighted by Crippen LogP contribution is 2.25. The summed E-state index contributed by atoms with van der Waals surface area (Å²) in [6, 6.07) is -1.10. The third kappa shape index (κ3) is 1.13. The second-order valence-electron chi connectivity index (χ2n) is 3.26. The van der Waals surface area contributed by atoms with Crippen LogP contribution in [0.1, 0.15) is 11.7 Å². The molecule has 2 rings (SSSR count). The summed E-state index contributed by atoms with van der Waals surface area (Å²) in [5, 5.41) is 16.4. The summed E-state index contributed by atoms with van der Waals surface area (Å²) in [5.74, 6) is -0.381. The second-order valence-corrected chi connectivity index (χ2v) is 3.26. The summed E-state index contributed by atoms with van der Waals surface area (Å²) in [6.45, 7) is 1.54. The van der Waals surface area contributed by atoms with Gasteiger partial charge >= 0.3 is 5.97 Å². The van der Waals surface area contributed by atoms with Gasteiger partial charge in [0.15, 0.2) is 11.9 Å². The average molecular weight is 197 g/mol. The van der Waals surface area contributed by atoms with Crippen molar-refractivity contribution in [3.05, 3.63) is 5.69 Å². The van der Waals surface area contributed by atoms with E-state index in [4.69, 9.17) is 10.8 Å². The Morgan fingerprint density at radius 2 is 2.36 bits per heavy atom. The highest BCUT2D eigenvalue weighted by molar-refractivity contribution is 5.76. The van der Waals surface area contributed by atoms with Gasteiger partial charge in [-0.2, -0.15) is 0 Å². The first-order chi connectivity index (χ1) is 6.61. The van der Waals surface area contributed by atoms with Gasteiger partial charge in [-0.15, -0.1) is 5.10 Å². The molecule has 0 fully saturated rings. The van der Waals surface area contributed by atoms with E-state index in [0.29, 0.717) is 11.5 Å². The molecular weight excluding hydrogens is 186 g/mol. The fraction of sp³-hybridized carbons (Fsp3) is 0.571. The van der Waals surface area contributed by atoms with Crippen molar-refractivity contribution in [1.29, 1.82) is 0 Å². The molecule has 1 aromatic rings. The van der Waals surface area contributed by atoms with Crippen molar-refractivity contribution in [2.24, 2.45) is 5.73 Å². The summed E-state index contributed by atoms with van der Waals surface area (Å²) < 4.78 is 1.66. The summed E-state index contributed by atoms with van der Waals surface area (Å²) in [5.41, 5.74) is 5.81. The number of carbonyl (C=O) groups is 1. The van der Waals surface area contributed by atoms with E-state index >= 15 is 0 Å². The molecule has 2 heterocycles. The van der Waals surface area contributed by atoms with Crippen LogP contribution in [0.2, 0.25) is 0 Å². The van der Waals surface area contributed by atoms with Crippen LogP contribution in [0.3, 0.4) is 0 Å². The molecule has 0 radical (unpaired) electrons. The van der Waals surface area contributed by atoms with Gasteiger partial charge in [0.05, 0.1) is 6.54 Å². The molecule has 0 saturated heterocycles. The maximum atomic E-state index is 10.7. The third-order valence-electron chi connectivity index (χ3n) is 2.30. The summed E-state index contributed by atoms with van der Waals surface area (Å²) >= 11 is 0. The molecule has 0 spiro atoms. The van der Waals surface area contributed by atoms with Gasteiger partial charge in [0.25, 0.3) is 0 Å². The smallest absolute Gasteiger partial charge is 0.326 e. The molecule has 1 aliphatic rings. The van der Waals surface area contributed by atoms with Crippen LogP contribution in [0.15, 0.2) is 0 Å². The van der Waals surface area contributed by atoms with Crippen LogP contribution in [-0.2, 0) is 11.3 Å². The predicted molar refractivity (Wildman–Crippen MR) is 47.9 cm³/mol. The molecule has 0 saturated carbocycles. The Morgan fingerprint density at radius 1 is 1.64 bits per heavy atom. The van der Waals surface area contributed by atoms with Crippen LogP contribution in [0, 0.1) is 0 Å². The molecule has 7 nitrogen and oxygen atoms in total. The number of hydrogen-bond donors (Lipinski definition) is 2. The van der Waals surface area contributed by atoms with Gasteiger partial charge in [-0.3, -0.25) is 4.79 Å². The quantitative estimate of drug-likeness (QED) is 0.619. The van der Waals surface area contributed by atoms with Crippen LogP contribution < -0.4 is 10.6 Å². The highest BCUT2D eigenvalue weighted by atomic mass is 16.4. The minimum Gasteiger partial charge on any atom is -0.480 e. The minimum atomic E-state index is -1.10. The zero-order valence-electron chi connectivity index (χ0n) is 7.71. The van der Waals surface area contributed by atoms with Crippen molar-refractivity contribution in [3.63, 3.8) is 0 Å². The fourth-order valence-corrected chi connectivity index (χ4v) is 1.53. The fourth-order valence-electron chi connectivity index (χ4n) is 1.53. The Balaban J connectivity index is 2.41. The Hall–Kier alpha value is -1.63. The first kappa shape index (κ1) is 8.95. The van der Waals surface area contributed by atoms with E-state index in [0.717, 1.165) is 13.1 Å². The predicted octanol–water partition coefficient (Wildman–Crippen LogP) is -1.19. The second kappa shape index (κ2) is 2.95. The lowest BCUT2D eigenvalue weighted by Crippen LogP contribution is -2.24. The Morgan fingerprint density at radius 3 is 3.00 bits per heavy atom. The zero-order chi connectivity index (χ0) is 10.3. The molecule has 1 aliphatic heterocycles. The van der Waals surface area contributed by atoms with Crippen molar-refractivity contribution in [3.8, 4) is 0 Å².